The summed E-state index contributed by atoms with van der Waals surface area (Å²) in [6.45, 7) is 4.48. The van der Waals surface area contributed by atoms with Crippen LogP contribution in [0.1, 0.15) is 12.8 Å². The molecule has 0 aromatic carbocycles. The highest BCUT2D eigenvalue weighted by Crippen LogP contribution is 2.10. The van der Waals surface area contributed by atoms with E-state index in [1.54, 1.807) is 6.08 Å². The van der Waals surface area contributed by atoms with Crippen LogP contribution in [0.3, 0.4) is 0 Å². The number of hydrogen-bond acceptors (Lipinski definition) is 4. The fraction of sp³-hybridized carbons (Fsp3) is 0.700. The van der Waals surface area contributed by atoms with Crippen LogP contribution in [-0.4, -0.2) is 45.0 Å². The second-order valence-corrected chi connectivity index (χ2v) is 6.13. The minimum absolute atomic E-state index is 0.0113. The lowest BCUT2D eigenvalue weighted by Gasteiger charge is -2.09. The van der Waals surface area contributed by atoms with Gasteiger partial charge in [-0.1, -0.05) is 6.08 Å². The largest absolute Gasteiger partial charge is 0.353 e. The van der Waals surface area contributed by atoms with Crippen molar-refractivity contribution in [1.82, 2.24) is 10.6 Å². The van der Waals surface area contributed by atoms with Gasteiger partial charge in [-0.25, -0.2) is 8.42 Å². The predicted molar refractivity (Wildman–Crippen MR) is 62.9 cm³/mol. The molecule has 1 unspecified atom stereocenters. The van der Waals surface area contributed by atoms with E-state index in [4.69, 9.17) is 0 Å². The van der Waals surface area contributed by atoms with E-state index in [1.807, 2.05) is 0 Å². The summed E-state index contributed by atoms with van der Waals surface area (Å²) < 4.78 is 22.3. The van der Waals surface area contributed by atoms with Crippen molar-refractivity contribution in [3.8, 4) is 0 Å². The molecule has 1 rings (SSSR count). The summed E-state index contributed by atoms with van der Waals surface area (Å²) in [5.74, 6) is 0.405. The maximum atomic E-state index is 11.2. The summed E-state index contributed by atoms with van der Waals surface area (Å²) in [6.07, 6.45) is 2.63. The molecule has 5 nitrogen and oxygen atoms in total. The molecule has 0 aliphatic carbocycles. The average Bonchev–Trinajstić information content (AvgIpc) is 2.55. The van der Waals surface area contributed by atoms with E-state index in [1.165, 1.54) is 0 Å². The zero-order valence-corrected chi connectivity index (χ0v) is 10.1. The second-order valence-electron chi connectivity index (χ2n) is 3.90. The zero-order chi connectivity index (χ0) is 12.0. The summed E-state index contributed by atoms with van der Waals surface area (Å²) >= 11 is 0. The lowest BCUT2D eigenvalue weighted by Crippen LogP contribution is -2.34. The van der Waals surface area contributed by atoms with Crippen molar-refractivity contribution in [3.63, 3.8) is 0 Å². The Kier molecular flexibility index (Phi) is 4.95. The fourth-order valence-electron chi connectivity index (χ4n) is 1.62. The molecule has 16 heavy (non-hydrogen) atoms. The van der Waals surface area contributed by atoms with Crippen molar-refractivity contribution < 1.29 is 13.2 Å². The standard InChI is InChI=1S/C10H18N2O3S/c1-2-5-12-10(13)3-6-11-9-4-7-16(14,15)8-9/h2,9,11H,1,3-8H2,(H,12,13). The van der Waals surface area contributed by atoms with Gasteiger partial charge in [-0.3, -0.25) is 4.79 Å². The smallest absolute Gasteiger partial charge is 0.221 e. The molecule has 0 aromatic rings. The minimum Gasteiger partial charge on any atom is -0.353 e. The summed E-state index contributed by atoms with van der Waals surface area (Å²) in [7, 11) is -2.84. The van der Waals surface area contributed by atoms with E-state index in [-0.39, 0.29) is 23.5 Å². The molecular weight excluding hydrogens is 228 g/mol. The fourth-order valence-corrected chi connectivity index (χ4v) is 3.33. The van der Waals surface area contributed by atoms with E-state index in [0.29, 0.717) is 25.9 Å². The van der Waals surface area contributed by atoms with Gasteiger partial charge in [0.15, 0.2) is 9.84 Å². The van der Waals surface area contributed by atoms with Gasteiger partial charge in [0.1, 0.15) is 0 Å². The number of carbonyl (C=O) groups is 1. The monoisotopic (exact) mass is 246 g/mol. The van der Waals surface area contributed by atoms with Crippen LogP contribution >= 0.6 is 0 Å². The zero-order valence-electron chi connectivity index (χ0n) is 9.24. The highest BCUT2D eigenvalue weighted by molar-refractivity contribution is 7.91. The Bertz CT molecular complexity index is 351. The van der Waals surface area contributed by atoms with Crippen LogP contribution in [0.4, 0.5) is 0 Å². The van der Waals surface area contributed by atoms with E-state index < -0.39 is 9.84 Å². The summed E-state index contributed by atoms with van der Waals surface area (Å²) in [5.41, 5.74) is 0. The highest BCUT2D eigenvalue weighted by Gasteiger charge is 2.27. The molecule has 1 aliphatic heterocycles. The Morgan fingerprint density at radius 1 is 1.50 bits per heavy atom. The molecule has 0 spiro atoms. The lowest BCUT2D eigenvalue weighted by atomic mass is 10.2. The number of rotatable bonds is 6. The van der Waals surface area contributed by atoms with Crippen LogP contribution in [0.2, 0.25) is 0 Å². The van der Waals surface area contributed by atoms with Crippen LogP contribution < -0.4 is 10.6 Å². The molecule has 92 valence electrons. The number of amides is 1. The van der Waals surface area contributed by atoms with Crippen molar-refractivity contribution in [2.45, 2.75) is 18.9 Å². The first-order valence-electron chi connectivity index (χ1n) is 5.35. The summed E-state index contributed by atoms with van der Waals surface area (Å²) in [6, 6.07) is 0.0113. The van der Waals surface area contributed by atoms with E-state index in [2.05, 4.69) is 17.2 Å². The number of nitrogens with one attached hydrogen (secondary N) is 2. The molecule has 0 saturated carbocycles. The van der Waals surface area contributed by atoms with Gasteiger partial charge in [-0.15, -0.1) is 6.58 Å². The van der Waals surface area contributed by atoms with E-state index in [0.717, 1.165) is 0 Å². The van der Waals surface area contributed by atoms with Crippen LogP contribution in [0.25, 0.3) is 0 Å². The first-order chi connectivity index (χ1) is 7.53. The van der Waals surface area contributed by atoms with Crippen molar-refractivity contribution in [1.29, 1.82) is 0 Å². The van der Waals surface area contributed by atoms with Crippen molar-refractivity contribution >= 4 is 15.7 Å². The molecule has 1 aliphatic rings. The minimum atomic E-state index is -2.84. The third kappa shape index (κ3) is 4.76. The average molecular weight is 246 g/mol. The molecule has 1 fully saturated rings. The maximum absolute atomic E-state index is 11.2. The first-order valence-corrected chi connectivity index (χ1v) is 7.17. The maximum Gasteiger partial charge on any atom is 0.221 e. The Morgan fingerprint density at radius 3 is 2.81 bits per heavy atom. The normalized spacial score (nSPS) is 22.9. The van der Waals surface area contributed by atoms with Gasteiger partial charge in [0, 0.05) is 25.6 Å². The SMILES string of the molecule is C=CCNC(=O)CCNC1CCS(=O)(=O)C1. The van der Waals surface area contributed by atoms with Gasteiger partial charge in [0.2, 0.25) is 5.91 Å². The van der Waals surface area contributed by atoms with E-state index in [9.17, 15) is 13.2 Å². The Morgan fingerprint density at radius 2 is 2.25 bits per heavy atom. The molecule has 0 aromatic heterocycles. The van der Waals surface area contributed by atoms with Gasteiger partial charge < -0.3 is 10.6 Å². The van der Waals surface area contributed by atoms with Crippen LogP contribution in [0, 0.1) is 0 Å². The van der Waals surface area contributed by atoms with Crippen LogP contribution in [0.15, 0.2) is 12.7 Å². The molecular formula is C10H18N2O3S. The third-order valence-corrected chi connectivity index (χ3v) is 4.23. The van der Waals surface area contributed by atoms with Gasteiger partial charge in [0.25, 0.3) is 0 Å². The van der Waals surface area contributed by atoms with Crippen molar-refractivity contribution in [3.05, 3.63) is 12.7 Å². The highest BCUT2D eigenvalue weighted by atomic mass is 32.2. The molecule has 6 heteroatoms. The number of hydrogen-bond donors (Lipinski definition) is 2. The third-order valence-electron chi connectivity index (χ3n) is 2.46. The number of carbonyl (C=O) groups excluding carboxylic acids is 1. The quantitative estimate of drug-likeness (QED) is 0.617. The van der Waals surface area contributed by atoms with Gasteiger partial charge in [-0.05, 0) is 6.42 Å². The second kappa shape index (κ2) is 6.00. The molecule has 0 bridgehead atoms. The van der Waals surface area contributed by atoms with Gasteiger partial charge in [0.05, 0.1) is 11.5 Å². The first kappa shape index (κ1) is 13.2. The predicted octanol–water partition coefficient (Wildman–Crippen LogP) is -0.545. The lowest BCUT2D eigenvalue weighted by molar-refractivity contribution is -0.120. The molecule has 0 radical (unpaired) electrons. The Labute approximate surface area is 96.2 Å². The summed E-state index contributed by atoms with van der Waals surface area (Å²) in [4.78, 5) is 11.2. The van der Waals surface area contributed by atoms with Crippen molar-refractivity contribution in [2.24, 2.45) is 0 Å². The van der Waals surface area contributed by atoms with Gasteiger partial charge in [-0.2, -0.15) is 0 Å². The van der Waals surface area contributed by atoms with Crippen LogP contribution in [-0.2, 0) is 14.6 Å². The number of sulfone groups is 1. The van der Waals surface area contributed by atoms with Gasteiger partial charge >= 0.3 is 0 Å². The molecule has 1 saturated heterocycles. The van der Waals surface area contributed by atoms with E-state index >= 15 is 0 Å². The molecule has 1 heterocycles. The Balaban J connectivity index is 2.12. The molecule has 1 atom stereocenters. The van der Waals surface area contributed by atoms with Crippen LogP contribution in [0.5, 0.6) is 0 Å². The molecule has 2 N–H and O–H groups in total. The Hall–Kier alpha value is -0.880. The summed E-state index contributed by atoms with van der Waals surface area (Å²) in [5, 5.41) is 5.74. The molecule has 1 amide bonds. The topological polar surface area (TPSA) is 75.3 Å². The van der Waals surface area contributed by atoms with Crippen molar-refractivity contribution in [2.75, 3.05) is 24.6 Å².